The van der Waals surface area contributed by atoms with Crippen LogP contribution < -0.4 is 0 Å². The average Bonchev–Trinajstić information content (AvgIpc) is 2.42. The molecule has 0 bridgehead atoms. The predicted octanol–water partition coefficient (Wildman–Crippen LogP) is 1.97. The number of hydrogen-bond donors (Lipinski definition) is 1. The largest absolute Gasteiger partial charge is 0.478 e. The minimum absolute atomic E-state index is 0.592. The van der Waals surface area contributed by atoms with Gasteiger partial charge < -0.3 is 9.84 Å². The minimum Gasteiger partial charge on any atom is -0.478 e. The normalized spacial score (nSPS) is 11.2. The van der Waals surface area contributed by atoms with E-state index in [1.54, 1.807) is 12.2 Å². The Kier molecular flexibility index (Phi) is 6.20. The van der Waals surface area contributed by atoms with Crippen molar-refractivity contribution in [2.75, 3.05) is 0 Å². The van der Waals surface area contributed by atoms with Crippen LogP contribution in [0.5, 0.6) is 0 Å². The number of benzene rings is 1. The fraction of sp³-hybridized carbons (Fsp3) is 0. The molecule has 0 fully saturated rings. The first kappa shape index (κ1) is 15.1. The molecule has 0 aliphatic carbocycles. The SMILES string of the molecule is O=C(O)/C=C\C(=O)OC(=O)C=CC=Cc1ccccc1. The van der Waals surface area contributed by atoms with Crippen molar-refractivity contribution in [3.63, 3.8) is 0 Å². The zero-order chi connectivity index (χ0) is 14.8. The zero-order valence-corrected chi connectivity index (χ0v) is 10.4. The number of carboxylic acids is 1. The molecular weight excluding hydrogens is 260 g/mol. The lowest BCUT2D eigenvalue weighted by Gasteiger charge is -1.93. The molecule has 1 aromatic carbocycles. The van der Waals surface area contributed by atoms with Crippen LogP contribution in [0.15, 0.2) is 60.7 Å². The summed E-state index contributed by atoms with van der Waals surface area (Å²) in [5.41, 5.74) is 0.964. The highest BCUT2D eigenvalue weighted by Gasteiger charge is 2.03. The van der Waals surface area contributed by atoms with Gasteiger partial charge in [-0.1, -0.05) is 48.6 Å². The summed E-state index contributed by atoms with van der Waals surface area (Å²) in [5.74, 6) is -3.20. The molecule has 0 aromatic heterocycles. The van der Waals surface area contributed by atoms with E-state index < -0.39 is 17.9 Å². The summed E-state index contributed by atoms with van der Waals surface area (Å²) in [6.45, 7) is 0. The van der Waals surface area contributed by atoms with Gasteiger partial charge in [0.25, 0.3) is 0 Å². The van der Waals surface area contributed by atoms with Gasteiger partial charge in [0, 0.05) is 18.2 Å². The van der Waals surface area contributed by atoms with Crippen LogP contribution in [0.3, 0.4) is 0 Å². The van der Waals surface area contributed by atoms with E-state index in [0.29, 0.717) is 12.2 Å². The summed E-state index contributed by atoms with van der Waals surface area (Å²) in [4.78, 5) is 32.3. The van der Waals surface area contributed by atoms with Gasteiger partial charge >= 0.3 is 17.9 Å². The standard InChI is InChI=1S/C15H12O5/c16-13(17)10-11-15(19)20-14(18)9-5-4-8-12-6-2-1-3-7-12/h1-11H,(H,16,17)/b8-4?,9-5?,11-10-. The third kappa shape index (κ3) is 6.70. The van der Waals surface area contributed by atoms with E-state index >= 15 is 0 Å². The van der Waals surface area contributed by atoms with E-state index in [9.17, 15) is 14.4 Å². The van der Waals surface area contributed by atoms with Gasteiger partial charge in [0.15, 0.2) is 0 Å². The molecule has 1 rings (SSSR count). The number of carboxylic acid groups (broad SMARTS) is 1. The third-order valence-electron chi connectivity index (χ3n) is 1.99. The molecule has 0 saturated heterocycles. The van der Waals surface area contributed by atoms with Crippen LogP contribution in [0.1, 0.15) is 5.56 Å². The molecular formula is C15H12O5. The molecule has 0 saturated carbocycles. The number of aliphatic carboxylic acids is 1. The van der Waals surface area contributed by atoms with Crippen LogP contribution in [0, 0.1) is 0 Å². The van der Waals surface area contributed by atoms with Crippen molar-refractivity contribution in [2.45, 2.75) is 0 Å². The first-order valence-electron chi connectivity index (χ1n) is 5.64. The molecule has 0 amide bonds. The van der Waals surface area contributed by atoms with Crippen LogP contribution in [-0.2, 0) is 19.1 Å². The van der Waals surface area contributed by atoms with Crippen LogP contribution >= 0.6 is 0 Å². The van der Waals surface area contributed by atoms with Crippen molar-refractivity contribution >= 4 is 24.0 Å². The second-order valence-electron chi connectivity index (χ2n) is 3.54. The highest BCUT2D eigenvalue weighted by atomic mass is 16.6. The van der Waals surface area contributed by atoms with E-state index in [1.165, 1.54) is 6.08 Å². The van der Waals surface area contributed by atoms with Crippen LogP contribution in [-0.4, -0.2) is 23.0 Å². The van der Waals surface area contributed by atoms with Gasteiger partial charge in [-0.15, -0.1) is 0 Å². The van der Waals surface area contributed by atoms with Gasteiger partial charge in [-0.3, -0.25) is 0 Å². The van der Waals surface area contributed by atoms with E-state index in [0.717, 1.165) is 11.6 Å². The van der Waals surface area contributed by atoms with E-state index in [4.69, 9.17) is 5.11 Å². The molecule has 1 aromatic rings. The molecule has 0 spiro atoms. The highest BCUT2D eigenvalue weighted by Crippen LogP contribution is 2.00. The smallest absolute Gasteiger partial charge is 0.338 e. The quantitative estimate of drug-likeness (QED) is 0.383. The number of rotatable bonds is 5. The van der Waals surface area contributed by atoms with E-state index in [-0.39, 0.29) is 0 Å². The summed E-state index contributed by atoms with van der Waals surface area (Å²) in [6.07, 6.45) is 7.13. The van der Waals surface area contributed by atoms with Crippen LogP contribution in [0.4, 0.5) is 0 Å². The van der Waals surface area contributed by atoms with Gasteiger partial charge in [0.05, 0.1) is 0 Å². The fourth-order valence-corrected chi connectivity index (χ4v) is 1.17. The Morgan fingerprint density at radius 2 is 1.55 bits per heavy atom. The Labute approximate surface area is 115 Å². The molecule has 1 N–H and O–H groups in total. The van der Waals surface area contributed by atoms with Gasteiger partial charge in [-0.05, 0) is 5.56 Å². The average molecular weight is 272 g/mol. The van der Waals surface area contributed by atoms with Crippen molar-refractivity contribution in [3.8, 4) is 0 Å². The summed E-state index contributed by atoms with van der Waals surface area (Å²) in [6, 6.07) is 9.43. The molecule has 0 radical (unpaired) electrons. The van der Waals surface area contributed by atoms with Crippen molar-refractivity contribution in [1.29, 1.82) is 0 Å². The number of ether oxygens (including phenoxy) is 1. The summed E-state index contributed by atoms with van der Waals surface area (Å²) in [5, 5.41) is 8.28. The van der Waals surface area contributed by atoms with Crippen molar-refractivity contribution in [1.82, 2.24) is 0 Å². The lowest BCUT2D eigenvalue weighted by Crippen LogP contribution is -2.07. The molecule has 5 nitrogen and oxygen atoms in total. The Morgan fingerprint density at radius 3 is 2.20 bits per heavy atom. The Morgan fingerprint density at radius 1 is 0.900 bits per heavy atom. The van der Waals surface area contributed by atoms with Gasteiger partial charge in [0.2, 0.25) is 0 Å². The molecule has 102 valence electrons. The molecule has 0 aliphatic rings. The Hall–Kier alpha value is -2.95. The highest BCUT2D eigenvalue weighted by molar-refractivity contribution is 5.98. The number of allylic oxidation sites excluding steroid dienone is 2. The summed E-state index contributed by atoms with van der Waals surface area (Å²) < 4.78 is 4.30. The number of carbonyl (C=O) groups is 3. The summed E-state index contributed by atoms with van der Waals surface area (Å²) >= 11 is 0. The van der Waals surface area contributed by atoms with E-state index in [1.807, 2.05) is 30.3 Å². The second kappa shape index (κ2) is 8.20. The molecule has 0 atom stereocenters. The molecule has 0 unspecified atom stereocenters. The first-order valence-corrected chi connectivity index (χ1v) is 5.64. The monoisotopic (exact) mass is 272 g/mol. The maximum Gasteiger partial charge on any atom is 0.338 e. The van der Waals surface area contributed by atoms with Crippen molar-refractivity contribution < 1.29 is 24.2 Å². The predicted molar refractivity (Wildman–Crippen MR) is 72.5 cm³/mol. The summed E-state index contributed by atoms with van der Waals surface area (Å²) in [7, 11) is 0. The second-order valence-corrected chi connectivity index (χ2v) is 3.54. The third-order valence-corrected chi connectivity index (χ3v) is 1.99. The van der Waals surface area contributed by atoms with Gasteiger partial charge in [-0.25, -0.2) is 14.4 Å². The minimum atomic E-state index is -1.30. The Bertz CT molecular complexity index is 567. The molecule has 20 heavy (non-hydrogen) atoms. The number of esters is 2. The fourth-order valence-electron chi connectivity index (χ4n) is 1.17. The first-order chi connectivity index (χ1) is 9.58. The van der Waals surface area contributed by atoms with Crippen LogP contribution in [0.2, 0.25) is 0 Å². The maximum atomic E-state index is 11.2. The molecule has 0 heterocycles. The zero-order valence-electron chi connectivity index (χ0n) is 10.4. The van der Waals surface area contributed by atoms with Gasteiger partial charge in [0.1, 0.15) is 0 Å². The molecule has 0 aliphatic heterocycles. The van der Waals surface area contributed by atoms with E-state index in [2.05, 4.69) is 4.74 Å². The lowest BCUT2D eigenvalue weighted by molar-refractivity contribution is -0.152. The number of hydrogen-bond acceptors (Lipinski definition) is 4. The number of carbonyl (C=O) groups excluding carboxylic acids is 2. The Balaban J connectivity index is 2.42. The van der Waals surface area contributed by atoms with Crippen molar-refractivity contribution in [2.24, 2.45) is 0 Å². The maximum absolute atomic E-state index is 11.2. The van der Waals surface area contributed by atoms with Gasteiger partial charge in [-0.2, -0.15) is 0 Å². The topological polar surface area (TPSA) is 80.7 Å². The lowest BCUT2D eigenvalue weighted by atomic mass is 10.2. The van der Waals surface area contributed by atoms with Crippen molar-refractivity contribution in [3.05, 3.63) is 66.3 Å². The van der Waals surface area contributed by atoms with Crippen LogP contribution in [0.25, 0.3) is 6.08 Å². The molecule has 5 heteroatoms.